The van der Waals surface area contributed by atoms with Gasteiger partial charge in [0.1, 0.15) is 17.3 Å². The van der Waals surface area contributed by atoms with Gasteiger partial charge in [-0.1, -0.05) is 0 Å². The molecule has 98 valence electrons. The number of hydrogen-bond donors (Lipinski definition) is 2. The second-order valence-electron chi connectivity index (χ2n) is 3.84. The van der Waals surface area contributed by atoms with Gasteiger partial charge >= 0.3 is 0 Å². The fourth-order valence-electron chi connectivity index (χ4n) is 1.56. The lowest BCUT2D eigenvalue weighted by Crippen LogP contribution is -2.12. The van der Waals surface area contributed by atoms with Crippen LogP contribution in [0, 0.1) is 5.82 Å². The maximum Gasteiger partial charge on any atom is 0.259 e. The lowest BCUT2D eigenvalue weighted by atomic mass is 10.1. The van der Waals surface area contributed by atoms with Crippen LogP contribution in [-0.2, 0) is 0 Å². The molecule has 0 atom stereocenters. The number of phenols is 1. The zero-order valence-corrected chi connectivity index (χ0v) is 10.2. The van der Waals surface area contributed by atoms with E-state index in [0.29, 0.717) is 11.4 Å². The standard InChI is InChI=1S/C14H12FNO3/c1-19-11-5-3-10(4-6-11)16-14(18)12-8-9(15)2-7-13(12)17/h2-8,17H,1H3,(H,16,18). The predicted octanol–water partition coefficient (Wildman–Crippen LogP) is 2.79. The summed E-state index contributed by atoms with van der Waals surface area (Å²) in [6.45, 7) is 0. The molecular formula is C14H12FNO3. The van der Waals surface area contributed by atoms with Crippen molar-refractivity contribution in [1.82, 2.24) is 0 Å². The summed E-state index contributed by atoms with van der Waals surface area (Å²) < 4.78 is 18.0. The van der Waals surface area contributed by atoms with Gasteiger partial charge in [-0.25, -0.2) is 4.39 Å². The number of nitrogens with one attached hydrogen (secondary N) is 1. The molecule has 4 nitrogen and oxygen atoms in total. The van der Waals surface area contributed by atoms with Crippen molar-refractivity contribution in [1.29, 1.82) is 0 Å². The number of anilines is 1. The molecule has 5 heteroatoms. The molecule has 0 saturated heterocycles. The summed E-state index contributed by atoms with van der Waals surface area (Å²) >= 11 is 0. The third kappa shape index (κ3) is 3.01. The normalized spacial score (nSPS) is 10.0. The molecule has 2 rings (SSSR count). The average molecular weight is 261 g/mol. The minimum atomic E-state index is -0.585. The largest absolute Gasteiger partial charge is 0.507 e. The van der Waals surface area contributed by atoms with E-state index in [9.17, 15) is 14.3 Å². The Morgan fingerprint density at radius 3 is 2.53 bits per heavy atom. The molecular weight excluding hydrogens is 249 g/mol. The Labute approximate surface area is 109 Å². The van der Waals surface area contributed by atoms with Gasteiger partial charge in [-0.2, -0.15) is 0 Å². The van der Waals surface area contributed by atoms with Crippen LogP contribution in [0.15, 0.2) is 42.5 Å². The van der Waals surface area contributed by atoms with Gasteiger partial charge in [-0.15, -0.1) is 0 Å². The second kappa shape index (κ2) is 5.39. The van der Waals surface area contributed by atoms with Crippen molar-refractivity contribution < 1.29 is 19.0 Å². The van der Waals surface area contributed by atoms with E-state index in [1.165, 1.54) is 0 Å². The van der Waals surface area contributed by atoms with Gasteiger partial charge in [-0.3, -0.25) is 4.79 Å². The summed E-state index contributed by atoms with van der Waals surface area (Å²) in [6.07, 6.45) is 0. The third-order valence-electron chi connectivity index (χ3n) is 2.55. The van der Waals surface area contributed by atoms with Crippen LogP contribution in [0.4, 0.5) is 10.1 Å². The van der Waals surface area contributed by atoms with Gasteiger partial charge in [-0.05, 0) is 42.5 Å². The van der Waals surface area contributed by atoms with Crippen LogP contribution in [0.25, 0.3) is 0 Å². The van der Waals surface area contributed by atoms with Crippen LogP contribution in [0.5, 0.6) is 11.5 Å². The summed E-state index contributed by atoms with van der Waals surface area (Å²) in [7, 11) is 1.54. The second-order valence-corrected chi connectivity index (χ2v) is 3.84. The Balaban J connectivity index is 2.18. The lowest BCUT2D eigenvalue weighted by Gasteiger charge is -2.07. The monoisotopic (exact) mass is 261 g/mol. The highest BCUT2D eigenvalue weighted by Crippen LogP contribution is 2.20. The molecule has 1 amide bonds. The van der Waals surface area contributed by atoms with Crippen molar-refractivity contribution in [2.45, 2.75) is 0 Å². The molecule has 0 heterocycles. The molecule has 0 aliphatic rings. The van der Waals surface area contributed by atoms with Gasteiger partial charge in [0.05, 0.1) is 12.7 Å². The maximum atomic E-state index is 13.0. The number of ether oxygens (including phenoxy) is 1. The quantitative estimate of drug-likeness (QED) is 0.893. The molecule has 0 aliphatic carbocycles. The molecule has 19 heavy (non-hydrogen) atoms. The number of aromatic hydroxyl groups is 1. The van der Waals surface area contributed by atoms with Gasteiger partial charge in [0, 0.05) is 5.69 Å². The molecule has 0 saturated carbocycles. The molecule has 0 spiro atoms. The molecule has 0 aromatic heterocycles. The number of carbonyl (C=O) groups is 1. The Hall–Kier alpha value is -2.56. The Morgan fingerprint density at radius 1 is 1.21 bits per heavy atom. The minimum Gasteiger partial charge on any atom is -0.507 e. The molecule has 2 aromatic carbocycles. The Bertz CT molecular complexity index is 596. The van der Waals surface area contributed by atoms with E-state index in [2.05, 4.69) is 5.32 Å². The molecule has 0 aliphatic heterocycles. The topological polar surface area (TPSA) is 58.6 Å². The number of amides is 1. The maximum absolute atomic E-state index is 13.0. The fraction of sp³-hybridized carbons (Fsp3) is 0.0714. The first-order valence-electron chi connectivity index (χ1n) is 5.54. The van der Waals surface area contributed by atoms with E-state index in [1.807, 2.05) is 0 Å². The van der Waals surface area contributed by atoms with Crippen LogP contribution in [0.3, 0.4) is 0 Å². The summed E-state index contributed by atoms with van der Waals surface area (Å²) in [5, 5.41) is 12.1. The number of methoxy groups -OCH3 is 1. The van der Waals surface area contributed by atoms with Crippen molar-refractivity contribution in [2.75, 3.05) is 12.4 Å². The molecule has 2 N–H and O–H groups in total. The first-order valence-corrected chi connectivity index (χ1v) is 5.54. The smallest absolute Gasteiger partial charge is 0.259 e. The van der Waals surface area contributed by atoms with E-state index >= 15 is 0 Å². The molecule has 2 aromatic rings. The van der Waals surface area contributed by atoms with Gasteiger partial charge < -0.3 is 15.2 Å². The number of benzene rings is 2. The first-order chi connectivity index (χ1) is 9.10. The van der Waals surface area contributed by atoms with E-state index in [1.54, 1.807) is 31.4 Å². The summed E-state index contributed by atoms with van der Waals surface area (Å²) in [5.41, 5.74) is 0.408. The number of rotatable bonds is 3. The van der Waals surface area contributed by atoms with Crippen molar-refractivity contribution in [3.8, 4) is 11.5 Å². The van der Waals surface area contributed by atoms with E-state index < -0.39 is 11.7 Å². The van der Waals surface area contributed by atoms with Crippen LogP contribution in [0.1, 0.15) is 10.4 Å². The van der Waals surface area contributed by atoms with Crippen LogP contribution in [-0.4, -0.2) is 18.1 Å². The summed E-state index contributed by atoms with van der Waals surface area (Å²) in [5.74, 6) is -0.779. The molecule has 0 bridgehead atoms. The average Bonchev–Trinajstić information content (AvgIpc) is 2.42. The number of hydrogen-bond acceptors (Lipinski definition) is 3. The Morgan fingerprint density at radius 2 is 1.89 bits per heavy atom. The highest BCUT2D eigenvalue weighted by molar-refractivity contribution is 6.06. The molecule has 0 fully saturated rings. The SMILES string of the molecule is COc1ccc(NC(=O)c2cc(F)ccc2O)cc1. The summed E-state index contributed by atoms with van der Waals surface area (Å²) in [6, 6.07) is 9.86. The van der Waals surface area contributed by atoms with E-state index in [-0.39, 0.29) is 11.3 Å². The first kappa shape index (κ1) is 12.9. The predicted molar refractivity (Wildman–Crippen MR) is 69.0 cm³/mol. The van der Waals surface area contributed by atoms with Crippen molar-refractivity contribution in [3.05, 3.63) is 53.8 Å². The van der Waals surface area contributed by atoms with Crippen LogP contribution < -0.4 is 10.1 Å². The van der Waals surface area contributed by atoms with Crippen molar-refractivity contribution in [3.63, 3.8) is 0 Å². The van der Waals surface area contributed by atoms with Gasteiger partial charge in [0.25, 0.3) is 5.91 Å². The zero-order valence-electron chi connectivity index (χ0n) is 10.2. The van der Waals surface area contributed by atoms with Crippen LogP contribution in [0.2, 0.25) is 0 Å². The number of carbonyl (C=O) groups excluding carboxylic acids is 1. The lowest BCUT2D eigenvalue weighted by molar-refractivity contribution is 0.102. The van der Waals surface area contributed by atoms with Crippen LogP contribution >= 0.6 is 0 Å². The van der Waals surface area contributed by atoms with Gasteiger partial charge in [0.2, 0.25) is 0 Å². The van der Waals surface area contributed by atoms with Crippen molar-refractivity contribution >= 4 is 11.6 Å². The van der Waals surface area contributed by atoms with Gasteiger partial charge in [0.15, 0.2) is 0 Å². The number of phenolic OH excluding ortho intramolecular Hbond substituents is 1. The highest BCUT2D eigenvalue weighted by Gasteiger charge is 2.12. The van der Waals surface area contributed by atoms with E-state index in [0.717, 1.165) is 18.2 Å². The van der Waals surface area contributed by atoms with E-state index in [4.69, 9.17) is 4.74 Å². The third-order valence-corrected chi connectivity index (χ3v) is 2.55. The summed E-state index contributed by atoms with van der Waals surface area (Å²) in [4.78, 5) is 11.9. The fourth-order valence-corrected chi connectivity index (χ4v) is 1.56. The van der Waals surface area contributed by atoms with Crippen molar-refractivity contribution in [2.24, 2.45) is 0 Å². The highest BCUT2D eigenvalue weighted by atomic mass is 19.1. The molecule has 0 radical (unpaired) electrons. The molecule has 0 unspecified atom stereocenters. The minimum absolute atomic E-state index is 0.115. The zero-order chi connectivity index (χ0) is 13.8. The Kier molecular flexibility index (Phi) is 3.66. The number of halogens is 1.